The summed E-state index contributed by atoms with van der Waals surface area (Å²) in [6, 6.07) is 1.69. The zero-order valence-electron chi connectivity index (χ0n) is 15.9. The van der Waals surface area contributed by atoms with E-state index >= 15 is 0 Å². The average molecular weight is 372 g/mol. The van der Waals surface area contributed by atoms with Crippen molar-refractivity contribution in [3.05, 3.63) is 34.5 Å². The van der Waals surface area contributed by atoms with Gasteiger partial charge in [-0.15, -0.1) is 0 Å². The summed E-state index contributed by atoms with van der Waals surface area (Å²) in [6.07, 6.45) is 2.39. The molecular formula is C19H24N4O4. The molecule has 3 saturated heterocycles. The normalized spacial score (nSPS) is 22.4. The van der Waals surface area contributed by atoms with Gasteiger partial charge in [-0.2, -0.15) is 0 Å². The minimum absolute atomic E-state index is 0.00792. The zero-order chi connectivity index (χ0) is 19.1. The second-order valence-corrected chi connectivity index (χ2v) is 7.44. The Hall–Kier alpha value is -2.64. The van der Waals surface area contributed by atoms with E-state index in [1.165, 1.54) is 0 Å². The Bertz CT molecular complexity index is 851. The van der Waals surface area contributed by atoms with Crippen molar-refractivity contribution in [1.29, 1.82) is 0 Å². The molecule has 5 heterocycles. The highest BCUT2D eigenvalue weighted by Gasteiger charge is 2.42. The van der Waals surface area contributed by atoms with E-state index < -0.39 is 0 Å². The molecule has 144 valence electrons. The van der Waals surface area contributed by atoms with E-state index in [4.69, 9.17) is 9.05 Å². The van der Waals surface area contributed by atoms with Crippen LogP contribution in [0.5, 0.6) is 0 Å². The number of rotatable bonds is 4. The molecule has 3 aliphatic rings. The van der Waals surface area contributed by atoms with Gasteiger partial charge < -0.3 is 18.8 Å². The maximum atomic E-state index is 13.0. The number of hydrogen-bond acceptors (Lipinski definition) is 6. The van der Waals surface area contributed by atoms with Crippen molar-refractivity contribution in [3.8, 4) is 0 Å². The average Bonchev–Trinajstić information content (AvgIpc) is 3.15. The Balaban J connectivity index is 1.56. The van der Waals surface area contributed by atoms with Crippen LogP contribution in [0.3, 0.4) is 0 Å². The van der Waals surface area contributed by atoms with E-state index in [9.17, 15) is 9.59 Å². The van der Waals surface area contributed by atoms with Gasteiger partial charge in [0.05, 0.1) is 18.2 Å². The lowest BCUT2D eigenvalue weighted by molar-refractivity contribution is -0.140. The van der Waals surface area contributed by atoms with Crippen molar-refractivity contribution in [1.82, 2.24) is 20.1 Å². The lowest BCUT2D eigenvalue weighted by Gasteiger charge is -2.35. The highest BCUT2D eigenvalue weighted by atomic mass is 16.5. The van der Waals surface area contributed by atoms with Crippen LogP contribution in [0.4, 0.5) is 0 Å². The lowest BCUT2D eigenvalue weighted by atomic mass is 9.93. The topological polar surface area (TPSA) is 92.7 Å². The number of nitrogens with zero attached hydrogens (tertiary/aromatic N) is 4. The van der Waals surface area contributed by atoms with Crippen molar-refractivity contribution in [2.45, 2.75) is 52.6 Å². The standard InChI is InChI=1S/C19H24N4O4/c1-4-15-7-17(21-27-15)19(25)22-8-13-5-6-14(9-22)23(18(13)24)10-16-11(2)20-26-12(16)3/h7,13-14H,4-6,8-10H2,1-3H3. The molecule has 0 saturated carbocycles. The molecule has 0 spiro atoms. The maximum absolute atomic E-state index is 13.0. The first-order chi connectivity index (χ1) is 13.0. The molecule has 8 heteroatoms. The summed E-state index contributed by atoms with van der Waals surface area (Å²) in [4.78, 5) is 29.6. The number of hydrogen-bond donors (Lipinski definition) is 0. The highest BCUT2D eigenvalue weighted by Crippen LogP contribution is 2.32. The first-order valence-corrected chi connectivity index (χ1v) is 9.45. The number of carbonyl (C=O) groups excluding carboxylic acids is 2. The first-order valence-electron chi connectivity index (χ1n) is 9.45. The Morgan fingerprint density at radius 3 is 2.70 bits per heavy atom. The summed E-state index contributed by atoms with van der Waals surface area (Å²) in [5.74, 6) is 1.19. The SMILES string of the molecule is CCc1cc(C(=O)N2CC3CCC(C2)N(Cc2c(C)noc2C)C3=O)no1. The number of piperidine rings is 1. The Labute approximate surface area is 157 Å². The van der Waals surface area contributed by atoms with Crippen molar-refractivity contribution >= 4 is 11.8 Å². The number of fused-ring (bicyclic) bond motifs is 4. The largest absolute Gasteiger partial charge is 0.361 e. The molecule has 2 amide bonds. The van der Waals surface area contributed by atoms with Gasteiger partial charge in [0.25, 0.3) is 5.91 Å². The van der Waals surface area contributed by atoms with Crippen LogP contribution in [0.2, 0.25) is 0 Å². The van der Waals surface area contributed by atoms with Crippen LogP contribution in [0, 0.1) is 19.8 Å². The fourth-order valence-corrected chi connectivity index (χ4v) is 4.05. The second-order valence-electron chi connectivity index (χ2n) is 7.44. The van der Waals surface area contributed by atoms with Crippen molar-refractivity contribution in [2.75, 3.05) is 13.1 Å². The van der Waals surface area contributed by atoms with Crippen molar-refractivity contribution in [3.63, 3.8) is 0 Å². The van der Waals surface area contributed by atoms with Gasteiger partial charge in [0.1, 0.15) is 11.5 Å². The molecule has 3 aliphatic heterocycles. The molecule has 0 N–H and O–H groups in total. The molecule has 0 radical (unpaired) electrons. The van der Waals surface area contributed by atoms with Crippen LogP contribution < -0.4 is 0 Å². The minimum Gasteiger partial charge on any atom is -0.361 e. The first kappa shape index (κ1) is 17.8. The van der Waals surface area contributed by atoms with E-state index in [1.54, 1.807) is 11.0 Å². The fraction of sp³-hybridized carbons (Fsp3) is 0.579. The third kappa shape index (κ3) is 3.13. The highest BCUT2D eigenvalue weighted by molar-refractivity contribution is 5.93. The maximum Gasteiger partial charge on any atom is 0.276 e. The van der Waals surface area contributed by atoms with Crippen LogP contribution in [-0.2, 0) is 17.8 Å². The number of amides is 2. The molecule has 2 aromatic rings. The number of carbonyl (C=O) groups is 2. The van der Waals surface area contributed by atoms with Gasteiger partial charge in [-0.1, -0.05) is 17.2 Å². The summed E-state index contributed by atoms with van der Waals surface area (Å²) < 4.78 is 10.4. The van der Waals surface area contributed by atoms with Gasteiger partial charge >= 0.3 is 0 Å². The molecule has 3 fully saturated rings. The predicted molar refractivity (Wildman–Crippen MR) is 94.8 cm³/mol. The third-order valence-corrected chi connectivity index (χ3v) is 5.72. The molecule has 2 aromatic heterocycles. The zero-order valence-corrected chi connectivity index (χ0v) is 15.9. The van der Waals surface area contributed by atoms with E-state index in [0.717, 1.165) is 29.9 Å². The van der Waals surface area contributed by atoms with Crippen molar-refractivity contribution < 1.29 is 18.6 Å². The van der Waals surface area contributed by atoms with E-state index in [0.29, 0.717) is 37.5 Å². The monoisotopic (exact) mass is 372 g/mol. The summed E-state index contributed by atoms with van der Waals surface area (Å²) >= 11 is 0. The number of aryl methyl sites for hydroxylation is 3. The Morgan fingerprint density at radius 1 is 1.22 bits per heavy atom. The fourth-order valence-electron chi connectivity index (χ4n) is 4.05. The van der Waals surface area contributed by atoms with Gasteiger partial charge in [0, 0.05) is 37.2 Å². The summed E-state index contributed by atoms with van der Waals surface area (Å²) in [5, 5.41) is 7.89. The lowest BCUT2D eigenvalue weighted by Crippen LogP contribution is -2.47. The molecule has 0 aromatic carbocycles. The minimum atomic E-state index is -0.175. The molecular weight excluding hydrogens is 348 g/mol. The van der Waals surface area contributed by atoms with Crippen LogP contribution in [0.15, 0.2) is 15.1 Å². The molecule has 2 bridgehead atoms. The van der Waals surface area contributed by atoms with E-state index in [2.05, 4.69) is 10.3 Å². The molecule has 5 rings (SSSR count). The quantitative estimate of drug-likeness (QED) is 0.816. The second kappa shape index (κ2) is 6.83. The molecule has 0 aliphatic carbocycles. The summed E-state index contributed by atoms with van der Waals surface area (Å²) in [7, 11) is 0. The van der Waals surface area contributed by atoms with E-state index in [1.807, 2.05) is 25.7 Å². The van der Waals surface area contributed by atoms with Gasteiger partial charge in [-0.3, -0.25) is 9.59 Å². The summed E-state index contributed by atoms with van der Waals surface area (Å²) in [6.45, 7) is 7.12. The van der Waals surface area contributed by atoms with Crippen molar-refractivity contribution in [2.24, 2.45) is 5.92 Å². The van der Waals surface area contributed by atoms with Gasteiger partial charge in [-0.05, 0) is 26.7 Å². The van der Waals surface area contributed by atoms with Crippen LogP contribution in [-0.4, -0.2) is 51.1 Å². The summed E-state index contributed by atoms with van der Waals surface area (Å²) in [5.41, 5.74) is 2.08. The van der Waals surface area contributed by atoms with Gasteiger partial charge in [0.2, 0.25) is 5.91 Å². The molecule has 2 unspecified atom stereocenters. The predicted octanol–water partition coefficient (Wildman–Crippen LogP) is 2.11. The Kier molecular flexibility index (Phi) is 4.49. The molecule has 8 nitrogen and oxygen atoms in total. The Morgan fingerprint density at radius 2 is 2.04 bits per heavy atom. The molecule has 27 heavy (non-hydrogen) atoms. The van der Waals surface area contributed by atoms with E-state index in [-0.39, 0.29) is 23.8 Å². The van der Waals surface area contributed by atoms with Gasteiger partial charge in [-0.25, -0.2) is 0 Å². The van der Waals surface area contributed by atoms with Crippen LogP contribution in [0.1, 0.15) is 53.0 Å². The smallest absolute Gasteiger partial charge is 0.276 e. The third-order valence-electron chi connectivity index (χ3n) is 5.72. The van der Waals surface area contributed by atoms with Crippen LogP contribution in [0.25, 0.3) is 0 Å². The van der Waals surface area contributed by atoms with Gasteiger partial charge in [0.15, 0.2) is 5.69 Å². The van der Waals surface area contributed by atoms with Crippen LogP contribution >= 0.6 is 0 Å². The number of aromatic nitrogens is 2. The molecule has 2 atom stereocenters.